The van der Waals surface area contributed by atoms with Crippen LogP contribution in [0.2, 0.25) is 5.02 Å². The van der Waals surface area contributed by atoms with Gasteiger partial charge < -0.3 is 0 Å². The fraction of sp³-hybridized carbons (Fsp3) is 0.188. The van der Waals surface area contributed by atoms with Crippen molar-refractivity contribution in [3.8, 4) is 0 Å². The second-order valence-corrected chi connectivity index (χ2v) is 5.46. The summed E-state index contributed by atoms with van der Waals surface area (Å²) in [5.74, 6) is 0.0993. The van der Waals surface area contributed by atoms with Gasteiger partial charge in [0, 0.05) is 10.7 Å². The number of amides is 1. The van der Waals surface area contributed by atoms with Gasteiger partial charge in [0.05, 0.1) is 12.1 Å². The molecule has 0 N–H and O–H groups in total. The zero-order valence-corrected chi connectivity index (χ0v) is 11.7. The Balaban J connectivity index is 2.16. The molecule has 0 aliphatic carbocycles. The van der Waals surface area contributed by atoms with Crippen molar-refractivity contribution >= 4 is 28.9 Å². The maximum absolute atomic E-state index is 12.2. The van der Waals surface area contributed by atoms with Crippen LogP contribution in [0.1, 0.15) is 16.7 Å². The summed E-state index contributed by atoms with van der Waals surface area (Å²) in [4.78, 5) is 14.0. The lowest BCUT2D eigenvalue weighted by atomic mass is 10.1. The van der Waals surface area contributed by atoms with Crippen molar-refractivity contribution in [1.29, 1.82) is 0 Å². The second-order valence-electron chi connectivity index (χ2n) is 5.02. The largest absolute Gasteiger partial charge is 0.280 e. The van der Waals surface area contributed by atoms with E-state index in [0.29, 0.717) is 11.4 Å². The summed E-state index contributed by atoms with van der Waals surface area (Å²) in [6.07, 6.45) is 0.444. The standard InChI is InChI=1S/C16H14ClNO/c1-10-5-11(2)7-14(6-10)18-15-9-13(17)4-3-12(15)8-16(18)19/h3-7,9H,8H2,1-2H3. The minimum Gasteiger partial charge on any atom is -0.280 e. The molecule has 2 aromatic rings. The van der Waals surface area contributed by atoms with Crippen LogP contribution < -0.4 is 4.90 Å². The average molecular weight is 272 g/mol. The third kappa shape index (κ3) is 2.13. The number of hydrogen-bond acceptors (Lipinski definition) is 1. The van der Waals surface area contributed by atoms with Crippen molar-refractivity contribution in [3.05, 3.63) is 58.1 Å². The Hall–Kier alpha value is -1.80. The second kappa shape index (κ2) is 4.39. The normalized spacial score (nSPS) is 13.8. The fourth-order valence-corrected chi connectivity index (χ4v) is 2.80. The molecule has 0 fully saturated rings. The Morgan fingerprint density at radius 3 is 2.42 bits per heavy atom. The third-order valence-corrected chi connectivity index (χ3v) is 3.58. The van der Waals surface area contributed by atoms with Gasteiger partial charge in [0.2, 0.25) is 5.91 Å². The summed E-state index contributed by atoms with van der Waals surface area (Å²) in [5, 5.41) is 0.655. The Bertz CT molecular complexity index is 658. The highest BCUT2D eigenvalue weighted by Crippen LogP contribution is 2.37. The Morgan fingerprint density at radius 2 is 1.74 bits per heavy atom. The molecule has 0 aromatic heterocycles. The van der Waals surface area contributed by atoms with Gasteiger partial charge in [0.15, 0.2) is 0 Å². The lowest BCUT2D eigenvalue weighted by molar-refractivity contribution is -0.116. The topological polar surface area (TPSA) is 20.3 Å². The first kappa shape index (κ1) is 12.2. The van der Waals surface area contributed by atoms with Crippen molar-refractivity contribution in [3.63, 3.8) is 0 Å². The quantitative estimate of drug-likeness (QED) is 0.762. The highest BCUT2D eigenvalue weighted by molar-refractivity contribution is 6.31. The lowest BCUT2D eigenvalue weighted by Crippen LogP contribution is -2.20. The van der Waals surface area contributed by atoms with Crippen LogP contribution in [-0.2, 0) is 11.2 Å². The first-order valence-corrected chi connectivity index (χ1v) is 6.62. The molecular weight excluding hydrogens is 258 g/mol. The van der Waals surface area contributed by atoms with Crippen LogP contribution in [0, 0.1) is 13.8 Å². The first-order valence-electron chi connectivity index (χ1n) is 6.24. The van der Waals surface area contributed by atoms with Gasteiger partial charge in [-0.05, 0) is 54.8 Å². The Morgan fingerprint density at radius 1 is 1.05 bits per heavy atom. The van der Waals surface area contributed by atoms with E-state index in [0.717, 1.165) is 28.1 Å². The number of carbonyl (C=O) groups excluding carboxylic acids is 1. The number of fused-ring (bicyclic) bond motifs is 1. The summed E-state index contributed by atoms with van der Waals surface area (Å²) >= 11 is 6.05. The fourth-order valence-electron chi connectivity index (χ4n) is 2.63. The van der Waals surface area contributed by atoms with Crippen molar-refractivity contribution in [2.75, 3.05) is 4.90 Å². The van der Waals surface area contributed by atoms with Crippen molar-refractivity contribution in [2.45, 2.75) is 20.3 Å². The molecule has 3 rings (SSSR count). The number of anilines is 2. The monoisotopic (exact) mass is 271 g/mol. The molecule has 0 spiro atoms. The van der Waals surface area contributed by atoms with E-state index >= 15 is 0 Å². The maximum atomic E-state index is 12.2. The minimum atomic E-state index is 0.0993. The first-order chi connectivity index (χ1) is 9.04. The molecule has 0 bridgehead atoms. The maximum Gasteiger partial charge on any atom is 0.236 e. The lowest BCUT2D eigenvalue weighted by Gasteiger charge is -2.19. The van der Waals surface area contributed by atoms with Gasteiger partial charge in [-0.3, -0.25) is 9.69 Å². The molecule has 0 radical (unpaired) electrons. The zero-order chi connectivity index (χ0) is 13.6. The summed E-state index contributed by atoms with van der Waals surface area (Å²) in [5.41, 5.74) is 5.16. The zero-order valence-electron chi connectivity index (χ0n) is 10.9. The van der Waals surface area contributed by atoms with Crippen LogP contribution in [0.3, 0.4) is 0 Å². The van der Waals surface area contributed by atoms with Crippen molar-refractivity contribution < 1.29 is 4.79 Å². The molecule has 1 heterocycles. The molecule has 1 amide bonds. The number of benzene rings is 2. The molecule has 1 aliphatic rings. The van der Waals surface area contributed by atoms with Gasteiger partial charge in [-0.15, -0.1) is 0 Å². The van der Waals surface area contributed by atoms with E-state index in [1.807, 2.05) is 44.2 Å². The Labute approximate surface area is 117 Å². The predicted molar refractivity (Wildman–Crippen MR) is 78.2 cm³/mol. The molecule has 3 heteroatoms. The van der Waals surface area contributed by atoms with E-state index in [2.05, 4.69) is 6.07 Å². The molecule has 19 heavy (non-hydrogen) atoms. The third-order valence-electron chi connectivity index (χ3n) is 3.34. The van der Waals surface area contributed by atoms with E-state index in [1.165, 1.54) is 0 Å². The van der Waals surface area contributed by atoms with Crippen molar-refractivity contribution in [1.82, 2.24) is 0 Å². The number of halogens is 1. The van der Waals surface area contributed by atoms with Gasteiger partial charge >= 0.3 is 0 Å². The van der Waals surface area contributed by atoms with E-state index in [-0.39, 0.29) is 5.91 Å². The van der Waals surface area contributed by atoms with E-state index in [9.17, 15) is 4.79 Å². The Kier molecular flexibility index (Phi) is 2.83. The molecule has 2 nitrogen and oxygen atoms in total. The summed E-state index contributed by atoms with van der Waals surface area (Å²) in [6, 6.07) is 11.8. The molecule has 0 unspecified atom stereocenters. The van der Waals surface area contributed by atoms with Gasteiger partial charge in [-0.1, -0.05) is 23.7 Å². The van der Waals surface area contributed by atoms with Gasteiger partial charge in [-0.25, -0.2) is 0 Å². The summed E-state index contributed by atoms with van der Waals surface area (Å²) < 4.78 is 0. The van der Waals surface area contributed by atoms with Gasteiger partial charge in [0.25, 0.3) is 0 Å². The molecule has 2 aromatic carbocycles. The molecular formula is C16H14ClNO. The van der Waals surface area contributed by atoms with Crippen molar-refractivity contribution in [2.24, 2.45) is 0 Å². The molecule has 1 aliphatic heterocycles. The summed E-state index contributed by atoms with van der Waals surface area (Å²) in [6.45, 7) is 4.08. The molecule has 0 saturated carbocycles. The van der Waals surface area contributed by atoms with Crippen LogP contribution in [0.15, 0.2) is 36.4 Å². The summed E-state index contributed by atoms with van der Waals surface area (Å²) in [7, 11) is 0. The van der Waals surface area contributed by atoms with Crippen LogP contribution in [0.5, 0.6) is 0 Å². The SMILES string of the molecule is Cc1cc(C)cc(N2C(=O)Cc3ccc(Cl)cc32)c1. The van der Waals surface area contributed by atoms with E-state index in [1.54, 1.807) is 4.90 Å². The molecule has 0 saturated heterocycles. The van der Waals surface area contributed by atoms with Crippen LogP contribution in [-0.4, -0.2) is 5.91 Å². The minimum absolute atomic E-state index is 0.0993. The number of carbonyl (C=O) groups is 1. The number of rotatable bonds is 1. The number of hydrogen-bond donors (Lipinski definition) is 0. The smallest absolute Gasteiger partial charge is 0.236 e. The average Bonchev–Trinajstić information content (AvgIpc) is 2.63. The van der Waals surface area contributed by atoms with Gasteiger partial charge in [-0.2, -0.15) is 0 Å². The van der Waals surface area contributed by atoms with Crippen LogP contribution >= 0.6 is 11.6 Å². The van der Waals surface area contributed by atoms with Gasteiger partial charge in [0.1, 0.15) is 0 Å². The van der Waals surface area contributed by atoms with Crippen LogP contribution in [0.4, 0.5) is 11.4 Å². The highest BCUT2D eigenvalue weighted by Gasteiger charge is 2.28. The molecule has 0 atom stereocenters. The molecule has 96 valence electrons. The van der Waals surface area contributed by atoms with Crippen LogP contribution in [0.25, 0.3) is 0 Å². The number of aryl methyl sites for hydroxylation is 2. The predicted octanol–water partition coefficient (Wildman–Crippen LogP) is 4.18. The number of nitrogens with zero attached hydrogens (tertiary/aromatic N) is 1. The van der Waals surface area contributed by atoms with E-state index < -0.39 is 0 Å². The highest BCUT2D eigenvalue weighted by atomic mass is 35.5. The van der Waals surface area contributed by atoms with E-state index in [4.69, 9.17) is 11.6 Å².